The van der Waals surface area contributed by atoms with Crippen molar-refractivity contribution in [3.8, 4) is 0 Å². The molecule has 102 valence electrons. The smallest absolute Gasteiger partial charge is 0.0816 e. The van der Waals surface area contributed by atoms with Gasteiger partial charge in [-0.15, -0.1) is 0 Å². The van der Waals surface area contributed by atoms with Crippen molar-refractivity contribution >= 4 is 72.9 Å². The summed E-state index contributed by atoms with van der Waals surface area (Å²) in [6, 6.07) is 0. The van der Waals surface area contributed by atoms with Gasteiger partial charge in [0, 0.05) is 0 Å². The van der Waals surface area contributed by atoms with Gasteiger partial charge in [0.15, 0.2) is 0 Å². The molecule has 0 N–H and O–H groups in total. The lowest BCUT2D eigenvalue weighted by Gasteiger charge is -2.27. The van der Waals surface area contributed by atoms with E-state index in [0.29, 0.717) is 20.1 Å². The van der Waals surface area contributed by atoms with E-state index in [0.717, 1.165) is 10.4 Å². The first kappa shape index (κ1) is 16.9. The van der Waals surface area contributed by atoms with Gasteiger partial charge in [-0.1, -0.05) is 85.7 Å². The van der Waals surface area contributed by atoms with Gasteiger partial charge < -0.3 is 0 Å². The van der Waals surface area contributed by atoms with Crippen LogP contribution in [0.15, 0.2) is 0 Å². The Morgan fingerprint density at radius 3 is 0.778 bits per heavy atom. The normalized spacial score (nSPS) is 13.0. The zero-order chi connectivity index (χ0) is 14.5. The molecule has 1 aromatic rings. The van der Waals surface area contributed by atoms with E-state index in [4.69, 9.17) is 46.4 Å². The van der Waals surface area contributed by atoms with Crippen molar-refractivity contribution in [2.24, 2.45) is 0 Å². The molecule has 0 aromatic heterocycles. The molecular weight excluding hydrogens is 342 g/mol. The van der Waals surface area contributed by atoms with Crippen LogP contribution in [0.25, 0.3) is 0 Å². The van der Waals surface area contributed by atoms with Crippen molar-refractivity contribution in [1.29, 1.82) is 0 Å². The van der Waals surface area contributed by atoms with Crippen LogP contribution in [0.2, 0.25) is 59.4 Å². The number of hydrogen-bond donors (Lipinski definition) is 0. The van der Waals surface area contributed by atoms with Crippen LogP contribution >= 0.6 is 46.4 Å². The SMILES string of the molecule is C[Si](C)(C)c1c(Cl)c(Cl)c([Si](C)(C)C)c(Cl)c1Cl. The molecule has 0 saturated heterocycles. The van der Waals surface area contributed by atoms with Crippen LogP contribution in [0.3, 0.4) is 0 Å². The summed E-state index contributed by atoms with van der Waals surface area (Å²) in [5.74, 6) is 0. The molecule has 0 aliphatic rings. The zero-order valence-electron chi connectivity index (χ0n) is 11.5. The summed E-state index contributed by atoms with van der Waals surface area (Å²) in [6.07, 6.45) is 0. The highest BCUT2D eigenvalue weighted by Gasteiger charge is 2.33. The lowest BCUT2D eigenvalue weighted by molar-refractivity contribution is 1.66. The third-order valence-electron chi connectivity index (χ3n) is 2.76. The Kier molecular flexibility index (Phi) is 4.97. The minimum absolute atomic E-state index is 0.600. The Balaban J connectivity index is 3.79. The van der Waals surface area contributed by atoms with Gasteiger partial charge in [-0.25, -0.2) is 0 Å². The Morgan fingerprint density at radius 1 is 0.500 bits per heavy atom. The van der Waals surface area contributed by atoms with Crippen LogP contribution in [0.5, 0.6) is 0 Å². The molecule has 1 aromatic carbocycles. The average Bonchev–Trinajstić information content (AvgIpc) is 2.10. The molecule has 0 heterocycles. The molecule has 0 radical (unpaired) electrons. The Bertz CT molecular complexity index is 410. The van der Waals surface area contributed by atoms with Gasteiger partial charge >= 0.3 is 0 Å². The summed E-state index contributed by atoms with van der Waals surface area (Å²) in [4.78, 5) is 0. The molecule has 0 aliphatic heterocycles. The highest BCUT2D eigenvalue weighted by molar-refractivity contribution is 6.95. The minimum Gasteiger partial charge on any atom is -0.0828 e. The van der Waals surface area contributed by atoms with Crippen LogP contribution in [-0.2, 0) is 0 Å². The molecule has 0 spiro atoms. The van der Waals surface area contributed by atoms with Crippen molar-refractivity contribution in [3.05, 3.63) is 20.1 Å². The van der Waals surface area contributed by atoms with Crippen molar-refractivity contribution < 1.29 is 0 Å². The molecule has 0 unspecified atom stereocenters. The summed E-state index contributed by atoms with van der Waals surface area (Å²) in [6.45, 7) is 13.1. The van der Waals surface area contributed by atoms with E-state index in [9.17, 15) is 0 Å². The fraction of sp³-hybridized carbons (Fsp3) is 0.500. The van der Waals surface area contributed by atoms with Crippen LogP contribution in [0, 0.1) is 0 Å². The first-order chi connectivity index (χ1) is 7.89. The molecular formula is C12H18Cl4Si2. The van der Waals surface area contributed by atoms with Crippen LogP contribution in [0.4, 0.5) is 0 Å². The largest absolute Gasteiger partial charge is 0.0828 e. The third kappa shape index (κ3) is 3.10. The van der Waals surface area contributed by atoms with E-state index in [1.807, 2.05) is 0 Å². The van der Waals surface area contributed by atoms with E-state index in [2.05, 4.69) is 39.3 Å². The monoisotopic (exact) mass is 358 g/mol. The predicted molar refractivity (Wildman–Crippen MR) is 92.4 cm³/mol. The number of benzene rings is 1. The highest BCUT2D eigenvalue weighted by Crippen LogP contribution is 2.33. The van der Waals surface area contributed by atoms with Gasteiger partial charge in [-0.2, -0.15) is 0 Å². The van der Waals surface area contributed by atoms with E-state index < -0.39 is 16.1 Å². The Morgan fingerprint density at radius 2 is 0.667 bits per heavy atom. The van der Waals surface area contributed by atoms with E-state index in [1.54, 1.807) is 0 Å². The lowest BCUT2D eigenvalue weighted by atomic mass is 10.3. The molecule has 0 amide bonds. The lowest BCUT2D eigenvalue weighted by Crippen LogP contribution is -2.45. The number of rotatable bonds is 2. The zero-order valence-corrected chi connectivity index (χ0v) is 16.5. The van der Waals surface area contributed by atoms with Gasteiger partial charge in [0.1, 0.15) is 0 Å². The standard InChI is InChI=1S/C12H18Cl4Si2/c1-17(2,3)11-7(13)9(15)12(18(4,5)6)10(16)8(11)14/h1-6H3. The molecule has 0 atom stereocenters. The second kappa shape index (κ2) is 5.30. The summed E-state index contributed by atoms with van der Waals surface area (Å²) >= 11 is 25.8. The van der Waals surface area contributed by atoms with Gasteiger partial charge in [0.25, 0.3) is 0 Å². The summed E-state index contributed by atoms with van der Waals surface area (Å²) in [5.41, 5.74) is 0. The van der Waals surface area contributed by atoms with Gasteiger partial charge in [0.2, 0.25) is 0 Å². The molecule has 0 fully saturated rings. The Hall–Kier alpha value is 0.814. The minimum atomic E-state index is -1.68. The number of halogens is 4. The summed E-state index contributed by atoms with van der Waals surface area (Å²) in [5, 5.41) is 4.32. The first-order valence-corrected chi connectivity index (χ1v) is 14.3. The molecule has 1 rings (SSSR count). The fourth-order valence-electron chi connectivity index (χ4n) is 1.95. The first-order valence-electron chi connectivity index (χ1n) is 5.76. The van der Waals surface area contributed by atoms with Crippen molar-refractivity contribution in [3.63, 3.8) is 0 Å². The van der Waals surface area contributed by atoms with Crippen LogP contribution in [-0.4, -0.2) is 16.1 Å². The van der Waals surface area contributed by atoms with Crippen molar-refractivity contribution in [2.45, 2.75) is 39.3 Å². The van der Waals surface area contributed by atoms with Crippen molar-refractivity contribution in [2.75, 3.05) is 0 Å². The second-order valence-electron chi connectivity index (χ2n) is 6.51. The fourth-order valence-corrected chi connectivity index (χ4v) is 9.65. The average molecular weight is 360 g/mol. The van der Waals surface area contributed by atoms with Gasteiger partial charge in [-0.3, -0.25) is 0 Å². The maximum absolute atomic E-state index is 6.45. The van der Waals surface area contributed by atoms with Crippen LogP contribution < -0.4 is 10.4 Å². The third-order valence-corrected chi connectivity index (χ3v) is 9.10. The highest BCUT2D eigenvalue weighted by atomic mass is 35.5. The topological polar surface area (TPSA) is 0 Å². The molecule has 6 heteroatoms. The summed E-state index contributed by atoms with van der Waals surface area (Å²) < 4.78 is 0. The Labute approximate surface area is 132 Å². The van der Waals surface area contributed by atoms with Crippen LogP contribution in [0.1, 0.15) is 0 Å². The quantitative estimate of drug-likeness (QED) is 0.490. The maximum Gasteiger partial charge on any atom is 0.0816 e. The molecule has 0 saturated carbocycles. The van der Waals surface area contributed by atoms with Gasteiger partial charge in [0.05, 0.1) is 36.2 Å². The van der Waals surface area contributed by atoms with Gasteiger partial charge in [-0.05, 0) is 10.4 Å². The molecule has 18 heavy (non-hydrogen) atoms. The van der Waals surface area contributed by atoms with Crippen molar-refractivity contribution in [1.82, 2.24) is 0 Å². The molecule has 0 aliphatic carbocycles. The van der Waals surface area contributed by atoms with E-state index >= 15 is 0 Å². The molecule has 0 bridgehead atoms. The van der Waals surface area contributed by atoms with E-state index in [-0.39, 0.29) is 0 Å². The predicted octanol–water partition coefficient (Wildman–Crippen LogP) is 5.39. The van der Waals surface area contributed by atoms with E-state index in [1.165, 1.54) is 0 Å². The number of hydrogen-bond acceptors (Lipinski definition) is 0. The summed E-state index contributed by atoms with van der Waals surface area (Å²) in [7, 11) is -3.37. The maximum atomic E-state index is 6.45. The molecule has 0 nitrogen and oxygen atoms in total. The second-order valence-corrected chi connectivity index (χ2v) is 18.0.